The first-order valence-electron chi connectivity index (χ1n) is 6.69. The molecule has 0 bridgehead atoms. The van der Waals surface area contributed by atoms with Gasteiger partial charge in [-0.1, -0.05) is 24.3 Å². The molecule has 1 aliphatic heterocycles. The molecule has 1 aliphatic rings. The fourth-order valence-electron chi connectivity index (χ4n) is 2.72. The molecular weight excluding hydrogens is 286 g/mol. The average Bonchev–Trinajstić information content (AvgIpc) is 2.46. The summed E-state index contributed by atoms with van der Waals surface area (Å²) in [4.78, 5) is 2.11. The van der Waals surface area contributed by atoms with Crippen molar-refractivity contribution < 1.29 is 8.42 Å². The molecular formula is C15H17N3O2S. The fraction of sp³-hybridized carbons (Fsp3) is 0.200. The predicted molar refractivity (Wildman–Crippen MR) is 83.4 cm³/mol. The van der Waals surface area contributed by atoms with E-state index in [9.17, 15) is 8.42 Å². The minimum Gasteiger partial charge on any atom is -0.399 e. The highest BCUT2D eigenvalue weighted by Crippen LogP contribution is 2.30. The highest BCUT2D eigenvalue weighted by atomic mass is 32.2. The maximum Gasteiger partial charge on any atom is 0.240 e. The van der Waals surface area contributed by atoms with Crippen molar-refractivity contribution in [2.45, 2.75) is 17.9 Å². The van der Waals surface area contributed by atoms with E-state index in [0.29, 0.717) is 17.9 Å². The third kappa shape index (κ3) is 2.72. The Hall–Kier alpha value is -2.05. The summed E-state index contributed by atoms with van der Waals surface area (Å²) in [7, 11) is -3.80. The monoisotopic (exact) mass is 303 g/mol. The molecule has 2 aromatic rings. The van der Waals surface area contributed by atoms with E-state index in [2.05, 4.69) is 12.1 Å². The van der Waals surface area contributed by atoms with E-state index in [0.717, 1.165) is 13.0 Å². The molecule has 110 valence electrons. The number of nitrogens with zero attached hydrogens (tertiary/aromatic N) is 1. The first-order valence-corrected chi connectivity index (χ1v) is 8.24. The highest BCUT2D eigenvalue weighted by molar-refractivity contribution is 7.89. The lowest BCUT2D eigenvalue weighted by atomic mass is 9.99. The maximum atomic E-state index is 11.8. The Labute approximate surface area is 124 Å². The Bertz CT molecular complexity index is 787. The Balaban J connectivity index is 2.03. The molecule has 2 aromatic carbocycles. The Morgan fingerprint density at radius 1 is 1.05 bits per heavy atom. The third-order valence-corrected chi connectivity index (χ3v) is 4.70. The van der Waals surface area contributed by atoms with Gasteiger partial charge in [-0.25, -0.2) is 13.6 Å². The zero-order valence-electron chi connectivity index (χ0n) is 11.5. The second-order valence-corrected chi connectivity index (χ2v) is 6.74. The Kier molecular flexibility index (Phi) is 3.35. The van der Waals surface area contributed by atoms with Crippen LogP contribution >= 0.6 is 0 Å². The van der Waals surface area contributed by atoms with Crippen molar-refractivity contribution in [1.82, 2.24) is 0 Å². The van der Waals surface area contributed by atoms with E-state index < -0.39 is 10.0 Å². The molecule has 4 N–H and O–H groups in total. The van der Waals surface area contributed by atoms with Gasteiger partial charge in [-0.15, -0.1) is 0 Å². The predicted octanol–water partition coefficient (Wildman–Crippen LogP) is 1.48. The summed E-state index contributed by atoms with van der Waals surface area (Å²) in [6, 6.07) is 13.0. The van der Waals surface area contributed by atoms with Gasteiger partial charge in [-0.2, -0.15) is 0 Å². The van der Waals surface area contributed by atoms with Gasteiger partial charge in [0, 0.05) is 18.8 Å². The summed E-state index contributed by atoms with van der Waals surface area (Å²) < 4.78 is 23.6. The molecule has 0 unspecified atom stereocenters. The van der Waals surface area contributed by atoms with E-state index in [4.69, 9.17) is 10.9 Å². The lowest BCUT2D eigenvalue weighted by molar-refractivity contribution is 0.596. The van der Waals surface area contributed by atoms with E-state index in [1.807, 2.05) is 17.0 Å². The first kappa shape index (κ1) is 13.9. The molecule has 0 fully saturated rings. The van der Waals surface area contributed by atoms with Crippen LogP contribution in [0.15, 0.2) is 47.4 Å². The standard InChI is InChI=1S/C15H17N3O2S/c16-13-5-6-14(15(9-13)21(17,19)20)18-8-7-11-3-1-2-4-12(11)10-18/h1-6,9H,7-8,10,16H2,(H2,17,19,20). The molecule has 0 aliphatic carbocycles. The van der Waals surface area contributed by atoms with Crippen molar-refractivity contribution in [3.05, 3.63) is 53.6 Å². The minimum absolute atomic E-state index is 0.0851. The number of primary sulfonamides is 1. The number of hydrogen-bond acceptors (Lipinski definition) is 4. The molecule has 21 heavy (non-hydrogen) atoms. The van der Waals surface area contributed by atoms with Crippen LogP contribution in [0, 0.1) is 0 Å². The number of sulfonamides is 1. The molecule has 1 heterocycles. The summed E-state index contributed by atoms with van der Waals surface area (Å²) >= 11 is 0. The number of hydrogen-bond donors (Lipinski definition) is 2. The quantitative estimate of drug-likeness (QED) is 0.822. The molecule has 0 atom stereocenters. The van der Waals surface area contributed by atoms with Crippen LogP contribution in [0.4, 0.5) is 11.4 Å². The van der Waals surface area contributed by atoms with Crippen molar-refractivity contribution in [1.29, 1.82) is 0 Å². The molecule has 0 amide bonds. The van der Waals surface area contributed by atoms with Crippen molar-refractivity contribution >= 4 is 21.4 Å². The summed E-state index contributed by atoms with van der Waals surface area (Å²) in [5.41, 5.74) is 9.21. The van der Waals surface area contributed by atoms with Gasteiger partial charge in [0.25, 0.3) is 0 Å². The van der Waals surface area contributed by atoms with E-state index >= 15 is 0 Å². The van der Waals surface area contributed by atoms with Crippen LogP contribution in [0.2, 0.25) is 0 Å². The molecule has 0 radical (unpaired) electrons. The lowest BCUT2D eigenvalue weighted by Gasteiger charge is -2.31. The number of anilines is 2. The minimum atomic E-state index is -3.80. The van der Waals surface area contributed by atoms with Crippen LogP contribution in [0.5, 0.6) is 0 Å². The van der Waals surface area contributed by atoms with E-state index in [1.54, 1.807) is 12.1 Å². The summed E-state index contributed by atoms with van der Waals surface area (Å²) in [6.45, 7) is 1.42. The van der Waals surface area contributed by atoms with Gasteiger partial charge in [-0.05, 0) is 35.7 Å². The number of nitrogen functional groups attached to an aromatic ring is 1. The molecule has 0 saturated carbocycles. The summed E-state index contributed by atoms with van der Waals surface area (Å²) in [5.74, 6) is 0. The number of fused-ring (bicyclic) bond motifs is 1. The van der Waals surface area contributed by atoms with Crippen molar-refractivity contribution in [3.63, 3.8) is 0 Å². The van der Waals surface area contributed by atoms with Gasteiger partial charge in [0.1, 0.15) is 4.90 Å². The van der Waals surface area contributed by atoms with Crippen molar-refractivity contribution in [3.8, 4) is 0 Å². The third-order valence-electron chi connectivity index (χ3n) is 3.76. The molecule has 6 heteroatoms. The van der Waals surface area contributed by atoms with Crippen molar-refractivity contribution in [2.24, 2.45) is 5.14 Å². The van der Waals surface area contributed by atoms with Gasteiger partial charge >= 0.3 is 0 Å². The smallest absolute Gasteiger partial charge is 0.240 e. The van der Waals surface area contributed by atoms with Crippen LogP contribution in [-0.2, 0) is 23.0 Å². The van der Waals surface area contributed by atoms with Crippen molar-refractivity contribution in [2.75, 3.05) is 17.2 Å². The normalized spacial score (nSPS) is 14.8. The van der Waals surface area contributed by atoms with Crippen LogP contribution in [0.1, 0.15) is 11.1 Å². The number of benzene rings is 2. The first-order chi connectivity index (χ1) is 9.95. The van der Waals surface area contributed by atoms with Crippen LogP contribution in [-0.4, -0.2) is 15.0 Å². The summed E-state index contributed by atoms with van der Waals surface area (Å²) in [6.07, 6.45) is 0.880. The maximum absolute atomic E-state index is 11.8. The van der Waals surface area contributed by atoms with E-state index in [1.165, 1.54) is 17.2 Å². The zero-order valence-corrected chi connectivity index (χ0v) is 12.3. The van der Waals surface area contributed by atoms with Gasteiger partial charge in [0.2, 0.25) is 10.0 Å². The number of nitrogens with two attached hydrogens (primary N) is 2. The molecule has 5 nitrogen and oxygen atoms in total. The molecule has 0 saturated heterocycles. The van der Waals surface area contributed by atoms with Crippen LogP contribution in [0.3, 0.4) is 0 Å². The largest absolute Gasteiger partial charge is 0.399 e. The van der Waals surface area contributed by atoms with E-state index in [-0.39, 0.29) is 4.90 Å². The van der Waals surface area contributed by atoms with Gasteiger partial charge in [-0.3, -0.25) is 0 Å². The number of rotatable bonds is 2. The van der Waals surface area contributed by atoms with Gasteiger partial charge < -0.3 is 10.6 Å². The molecule has 3 rings (SSSR count). The summed E-state index contributed by atoms with van der Waals surface area (Å²) in [5, 5.41) is 5.32. The van der Waals surface area contributed by atoms with Gasteiger partial charge in [0.05, 0.1) is 5.69 Å². The second kappa shape index (κ2) is 5.05. The Morgan fingerprint density at radius 3 is 2.48 bits per heavy atom. The average molecular weight is 303 g/mol. The lowest BCUT2D eigenvalue weighted by Crippen LogP contribution is -2.32. The highest BCUT2D eigenvalue weighted by Gasteiger charge is 2.22. The molecule has 0 spiro atoms. The van der Waals surface area contributed by atoms with Crippen LogP contribution < -0.4 is 15.8 Å². The fourth-order valence-corrected chi connectivity index (χ4v) is 3.51. The SMILES string of the molecule is Nc1ccc(N2CCc3ccccc3C2)c(S(N)(=O)=O)c1. The topological polar surface area (TPSA) is 89.4 Å². The van der Waals surface area contributed by atoms with Gasteiger partial charge in [0.15, 0.2) is 0 Å². The molecule has 0 aromatic heterocycles. The zero-order chi connectivity index (χ0) is 15.0. The Morgan fingerprint density at radius 2 is 1.76 bits per heavy atom. The second-order valence-electron chi connectivity index (χ2n) is 5.21. The van der Waals surface area contributed by atoms with Crippen LogP contribution in [0.25, 0.3) is 0 Å².